The molecule has 0 saturated heterocycles. The van der Waals surface area contributed by atoms with Crippen LogP contribution in [0.4, 0.5) is 0 Å². The molecule has 2 heteroatoms. The van der Waals surface area contributed by atoms with Crippen LogP contribution in [0.15, 0.2) is 18.2 Å². The van der Waals surface area contributed by atoms with Crippen molar-refractivity contribution in [1.82, 2.24) is 4.90 Å². The summed E-state index contributed by atoms with van der Waals surface area (Å²) in [4.78, 5) is 2.33. The predicted octanol–water partition coefficient (Wildman–Crippen LogP) is 1.52. The zero-order chi connectivity index (χ0) is 10.1. The van der Waals surface area contributed by atoms with Crippen molar-refractivity contribution in [1.29, 1.82) is 0 Å². The molecule has 2 rings (SSSR count). The fraction of sp³-hybridized carbons (Fsp3) is 0.500. The van der Waals surface area contributed by atoms with Gasteiger partial charge < -0.3 is 5.73 Å². The van der Waals surface area contributed by atoms with Gasteiger partial charge in [0.2, 0.25) is 0 Å². The number of rotatable bonds is 2. The first kappa shape index (κ1) is 9.69. The van der Waals surface area contributed by atoms with Gasteiger partial charge in [0, 0.05) is 19.1 Å². The van der Waals surface area contributed by atoms with Crippen molar-refractivity contribution in [2.24, 2.45) is 5.73 Å². The first-order chi connectivity index (χ1) is 6.65. The van der Waals surface area contributed by atoms with Gasteiger partial charge in [-0.15, -0.1) is 0 Å². The van der Waals surface area contributed by atoms with E-state index in [1.165, 1.54) is 16.7 Å². The maximum atomic E-state index is 5.79. The summed E-state index contributed by atoms with van der Waals surface area (Å²) in [5.74, 6) is 0. The summed E-state index contributed by atoms with van der Waals surface area (Å²) in [7, 11) is 2.16. The summed E-state index contributed by atoms with van der Waals surface area (Å²) in [5, 5.41) is 0. The third-order valence-electron chi connectivity index (χ3n) is 2.71. The van der Waals surface area contributed by atoms with E-state index in [2.05, 4.69) is 37.1 Å². The molecule has 0 amide bonds. The van der Waals surface area contributed by atoms with Gasteiger partial charge in [0.1, 0.15) is 0 Å². The summed E-state index contributed by atoms with van der Waals surface area (Å²) in [6.45, 7) is 4.23. The Bertz CT molecular complexity index is 331. The molecule has 1 aromatic rings. The summed E-state index contributed by atoms with van der Waals surface area (Å²) in [6, 6.07) is 7.02. The Hall–Kier alpha value is -0.860. The lowest BCUT2D eigenvalue weighted by Crippen LogP contribution is -2.17. The molecule has 0 bridgehead atoms. The van der Waals surface area contributed by atoms with Crippen molar-refractivity contribution < 1.29 is 0 Å². The lowest BCUT2D eigenvalue weighted by molar-refractivity contribution is 0.353. The number of fused-ring (bicyclic) bond motifs is 1. The molecule has 14 heavy (non-hydrogen) atoms. The van der Waals surface area contributed by atoms with Crippen LogP contribution in [0.3, 0.4) is 0 Å². The number of hydrogen-bond acceptors (Lipinski definition) is 2. The van der Waals surface area contributed by atoms with Crippen LogP contribution < -0.4 is 5.73 Å². The number of hydrogen-bond donors (Lipinski definition) is 1. The summed E-state index contributed by atoms with van der Waals surface area (Å²) >= 11 is 0. The van der Waals surface area contributed by atoms with E-state index in [-0.39, 0.29) is 6.04 Å². The van der Waals surface area contributed by atoms with Crippen molar-refractivity contribution in [2.75, 3.05) is 7.05 Å². The van der Waals surface area contributed by atoms with E-state index in [4.69, 9.17) is 5.73 Å². The topological polar surface area (TPSA) is 29.3 Å². The summed E-state index contributed by atoms with van der Waals surface area (Å²) in [5.41, 5.74) is 10.1. The highest BCUT2D eigenvalue weighted by molar-refractivity contribution is 5.34. The normalized spacial score (nSPS) is 18.2. The van der Waals surface area contributed by atoms with Gasteiger partial charge in [-0.1, -0.05) is 18.2 Å². The van der Waals surface area contributed by atoms with Crippen LogP contribution in [0.2, 0.25) is 0 Å². The molecule has 2 N–H and O–H groups in total. The van der Waals surface area contributed by atoms with E-state index in [1.807, 2.05) is 0 Å². The minimum absolute atomic E-state index is 0.257. The Morgan fingerprint density at radius 1 is 1.36 bits per heavy atom. The van der Waals surface area contributed by atoms with Crippen molar-refractivity contribution in [3.8, 4) is 0 Å². The average Bonchev–Trinajstić information content (AvgIpc) is 2.42. The highest BCUT2D eigenvalue weighted by atomic mass is 15.1. The second-order valence-electron chi connectivity index (χ2n) is 4.46. The fourth-order valence-electron chi connectivity index (χ4n) is 2.12. The van der Waals surface area contributed by atoms with Crippen LogP contribution in [0, 0.1) is 0 Å². The molecule has 0 spiro atoms. The molecule has 1 unspecified atom stereocenters. The maximum absolute atomic E-state index is 5.79. The second kappa shape index (κ2) is 3.71. The van der Waals surface area contributed by atoms with Gasteiger partial charge in [0.25, 0.3) is 0 Å². The Morgan fingerprint density at radius 2 is 2.07 bits per heavy atom. The smallest absolute Gasteiger partial charge is 0.0237 e. The highest BCUT2D eigenvalue weighted by Gasteiger charge is 2.15. The molecule has 0 saturated carbocycles. The first-order valence-electron chi connectivity index (χ1n) is 5.20. The zero-order valence-corrected chi connectivity index (χ0v) is 8.96. The molecule has 1 heterocycles. The standard InChI is InChI=1S/C12H18N2/c1-9(13)5-10-3-4-11-7-14(2)8-12(11)6-10/h3-4,6,9H,5,7-8,13H2,1-2H3. The Labute approximate surface area is 85.7 Å². The minimum Gasteiger partial charge on any atom is -0.328 e. The van der Waals surface area contributed by atoms with Gasteiger partial charge in [0.05, 0.1) is 0 Å². The summed E-state index contributed by atoms with van der Waals surface area (Å²) < 4.78 is 0. The van der Waals surface area contributed by atoms with E-state index in [0.717, 1.165) is 19.5 Å². The molecule has 0 radical (unpaired) electrons. The second-order valence-corrected chi connectivity index (χ2v) is 4.46. The molecule has 1 atom stereocenters. The molecular formula is C12H18N2. The Balaban J connectivity index is 2.20. The molecule has 0 aliphatic carbocycles. The number of nitrogens with zero attached hydrogens (tertiary/aromatic N) is 1. The van der Waals surface area contributed by atoms with Crippen molar-refractivity contribution >= 4 is 0 Å². The average molecular weight is 190 g/mol. The van der Waals surface area contributed by atoms with Gasteiger partial charge in [-0.3, -0.25) is 4.90 Å². The van der Waals surface area contributed by atoms with E-state index < -0.39 is 0 Å². The third kappa shape index (κ3) is 1.97. The van der Waals surface area contributed by atoms with Gasteiger partial charge in [-0.2, -0.15) is 0 Å². The van der Waals surface area contributed by atoms with Crippen molar-refractivity contribution in [2.45, 2.75) is 32.5 Å². The van der Waals surface area contributed by atoms with Gasteiger partial charge in [-0.05, 0) is 37.1 Å². The monoisotopic (exact) mass is 190 g/mol. The first-order valence-corrected chi connectivity index (χ1v) is 5.20. The number of nitrogens with two attached hydrogens (primary N) is 1. The lowest BCUT2D eigenvalue weighted by atomic mass is 10.0. The van der Waals surface area contributed by atoms with Gasteiger partial charge >= 0.3 is 0 Å². The van der Waals surface area contributed by atoms with Crippen LogP contribution in [-0.4, -0.2) is 18.0 Å². The van der Waals surface area contributed by atoms with Crippen LogP contribution in [0.5, 0.6) is 0 Å². The molecule has 0 aromatic heterocycles. The molecule has 1 aliphatic rings. The molecule has 76 valence electrons. The lowest BCUT2D eigenvalue weighted by Gasteiger charge is -2.06. The van der Waals surface area contributed by atoms with Crippen molar-refractivity contribution in [3.05, 3.63) is 34.9 Å². The van der Waals surface area contributed by atoms with Gasteiger partial charge in [0.15, 0.2) is 0 Å². The van der Waals surface area contributed by atoms with Crippen molar-refractivity contribution in [3.63, 3.8) is 0 Å². The molecule has 1 aliphatic heterocycles. The molecule has 1 aromatic carbocycles. The van der Waals surface area contributed by atoms with E-state index in [0.29, 0.717) is 0 Å². The highest BCUT2D eigenvalue weighted by Crippen LogP contribution is 2.22. The minimum atomic E-state index is 0.257. The molecular weight excluding hydrogens is 172 g/mol. The quantitative estimate of drug-likeness (QED) is 0.766. The number of benzene rings is 1. The predicted molar refractivity (Wildman–Crippen MR) is 59.0 cm³/mol. The maximum Gasteiger partial charge on any atom is 0.0237 e. The Kier molecular flexibility index (Phi) is 2.57. The SMILES string of the molecule is CC(N)Cc1ccc2c(c1)CN(C)C2. The molecule has 2 nitrogen and oxygen atoms in total. The zero-order valence-electron chi connectivity index (χ0n) is 8.96. The fourth-order valence-corrected chi connectivity index (χ4v) is 2.12. The largest absolute Gasteiger partial charge is 0.328 e. The van der Waals surface area contributed by atoms with Crippen LogP contribution in [-0.2, 0) is 19.5 Å². The van der Waals surface area contributed by atoms with Crippen LogP contribution in [0.25, 0.3) is 0 Å². The van der Waals surface area contributed by atoms with E-state index in [9.17, 15) is 0 Å². The summed E-state index contributed by atoms with van der Waals surface area (Å²) in [6.07, 6.45) is 0.983. The van der Waals surface area contributed by atoms with Crippen LogP contribution in [0.1, 0.15) is 23.6 Å². The van der Waals surface area contributed by atoms with Crippen LogP contribution >= 0.6 is 0 Å². The molecule has 0 fully saturated rings. The Morgan fingerprint density at radius 3 is 2.79 bits per heavy atom. The third-order valence-corrected chi connectivity index (χ3v) is 2.71. The van der Waals surface area contributed by atoms with E-state index in [1.54, 1.807) is 0 Å². The van der Waals surface area contributed by atoms with E-state index >= 15 is 0 Å². The van der Waals surface area contributed by atoms with Gasteiger partial charge in [-0.25, -0.2) is 0 Å².